The molecule has 0 aromatic carbocycles. The number of ketones is 1. The van der Waals surface area contributed by atoms with E-state index < -0.39 is 0 Å². The highest BCUT2D eigenvalue weighted by Gasteiger charge is 2.41. The number of hydrogen-bond donors (Lipinski definition) is 3. The van der Waals surface area contributed by atoms with Crippen molar-refractivity contribution in [3.8, 4) is 0 Å². The molecule has 3 N–H and O–H groups in total. The van der Waals surface area contributed by atoms with E-state index in [0.29, 0.717) is 116 Å². The Hall–Kier alpha value is -4.65. The van der Waals surface area contributed by atoms with Crippen LogP contribution in [0.1, 0.15) is 67.2 Å². The molecule has 0 amide bonds. The molecule has 16 nitrogen and oxygen atoms in total. The van der Waals surface area contributed by atoms with Crippen LogP contribution in [0.15, 0.2) is 106 Å². The van der Waals surface area contributed by atoms with Crippen LogP contribution >= 0.6 is 0 Å². The van der Waals surface area contributed by atoms with Crippen molar-refractivity contribution in [2.45, 2.75) is 67.2 Å². The molecule has 5 aliphatic heterocycles. The van der Waals surface area contributed by atoms with Crippen LogP contribution < -0.4 is 5.32 Å². The normalized spacial score (nSPS) is 20.2. The molecule has 354 valence electrons. The molecule has 65 heavy (non-hydrogen) atoms. The monoisotopic (exact) mass is 902 g/mol. The number of nitrogens with zero attached hydrogens (tertiary/aromatic N) is 3. The summed E-state index contributed by atoms with van der Waals surface area (Å²) in [4.78, 5) is 41.3. The Morgan fingerprint density at radius 2 is 1.25 bits per heavy atom. The Morgan fingerprint density at radius 1 is 0.708 bits per heavy atom. The first-order valence-electron chi connectivity index (χ1n) is 22.8. The maximum atomic E-state index is 13.1. The summed E-state index contributed by atoms with van der Waals surface area (Å²) in [5, 5.41) is 23.7. The third-order valence-electron chi connectivity index (χ3n) is 12.0. The molecule has 1 aliphatic carbocycles. The van der Waals surface area contributed by atoms with Gasteiger partial charge in [0, 0.05) is 52.8 Å². The minimum Gasteiger partial charge on any atom is -0.511 e. The Morgan fingerprint density at radius 3 is 1.80 bits per heavy atom. The summed E-state index contributed by atoms with van der Waals surface area (Å²) in [5.41, 5.74) is 12.2. The smallest absolute Gasteiger partial charge is 0.305 e. The highest BCUT2D eigenvalue weighted by molar-refractivity contribution is 6.22. The summed E-state index contributed by atoms with van der Waals surface area (Å²) in [7, 11) is 0. The van der Waals surface area contributed by atoms with E-state index in [9.17, 15) is 14.7 Å². The topological polar surface area (TPSA) is 198 Å². The van der Waals surface area contributed by atoms with Crippen molar-refractivity contribution in [3.63, 3.8) is 0 Å². The number of rotatable bonds is 28. The SMILES string of the molecule is CCC1=C(C)C2=NC1=CC1=C(C)C3=C(O)CC(=C4NC(=CC5=NC(=C2)C(C(C)=O)=C5C)[C@@H](C)[C@@H]4CCC(=O)OCCOCCOCCOCCOCCOCCOCCOCCO)C3=N1. The number of hydrogen-bond acceptors (Lipinski definition) is 16. The van der Waals surface area contributed by atoms with E-state index in [-0.39, 0.29) is 55.6 Å². The lowest BCUT2D eigenvalue weighted by Gasteiger charge is -2.17. The number of carbonyl (C=O) groups excluding carboxylic acids is 2. The molecule has 1 fully saturated rings. The molecule has 0 aromatic heterocycles. The predicted octanol–water partition coefficient (Wildman–Crippen LogP) is 5.68. The van der Waals surface area contributed by atoms with E-state index in [1.165, 1.54) is 0 Å². The fourth-order valence-corrected chi connectivity index (χ4v) is 8.60. The number of aliphatic hydroxyl groups is 2. The Balaban J connectivity index is 0.954. The zero-order valence-electron chi connectivity index (χ0n) is 38.8. The van der Waals surface area contributed by atoms with E-state index in [1.807, 2.05) is 32.1 Å². The average Bonchev–Trinajstić information content (AvgIpc) is 4.04. The van der Waals surface area contributed by atoms with E-state index in [2.05, 4.69) is 26.1 Å². The summed E-state index contributed by atoms with van der Waals surface area (Å²) >= 11 is 0. The lowest BCUT2D eigenvalue weighted by molar-refractivity contribution is -0.145. The summed E-state index contributed by atoms with van der Waals surface area (Å²) in [6, 6.07) is 0. The fraction of sp³-hybridized carbons (Fsp3) is 0.571. The van der Waals surface area contributed by atoms with Gasteiger partial charge in [-0.15, -0.1) is 0 Å². The van der Waals surface area contributed by atoms with Gasteiger partial charge in [-0.2, -0.15) is 0 Å². The molecular formula is C49H66N4O12. The molecule has 16 heteroatoms. The zero-order chi connectivity index (χ0) is 46.3. The summed E-state index contributed by atoms with van der Waals surface area (Å²) in [6.07, 6.45) is 7.69. The Kier molecular flexibility index (Phi) is 19.0. The van der Waals surface area contributed by atoms with Gasteiger partial charge < -0.3 is 53.4 Å². The van der Waals surface area contributed by atoms with Crippen molar-refractivity contribution in [1.82, 2.24) is 5.32 Å². The molecule has 0 aromatic rings. The zero-order valence-corrected chi connectivity index (χ0v) is 38.8. The van der Waals surface area contributed by atoms with Gasteiger partial charge in [-0.1, -0.05) is 13.8 Å². The molecule has 0 saturated carbocycles. The highest BCUT2D eigenvalue weighted by atomic mass is 16.6. The molecule has 8 bridgehead atoms. The Bertz CT molecular complexity index is 2150. The van der Waals surface area contributed by atoms with Gasteiger partial charge in [0.15, 0.2) is 5.78 Å². The van der Waals surface area contributed by atoms with Gasteiger partial charge >= 0.3 is 5.97 Å². The predicted molar refractivity (Wildman–Crippen MR) is 246 cm³/mol. The first kappa shape index (κ1) is 49.8. The number of esters is 1. The van der Waals surface area contributed by atoms with E-state index in [0.717, 1.165) is 74.1 Å². The number of fused-ring (bicyclic) bond motifs is 5. The van der Waals surface area contributed by atoms with Crippen molar-refractivity contribution < 1.29 is 57.7 Å². The number of Topliss-reactive ketones (excluding diaryl/α,β-unsaturated/α-hetero) is 1. The molecule has 1 saturated heterocycles. The van der Waals surface area contributed by atoms with Crippen molar-refractivity contribution in [2.24, 2.45) is 26.8 Å². The molecule has 5 heterocycles. The summed E-state index contributed by atoms with van der Waals surface area (Å²) in [6.45, 7) is 17.8. The number of aliphatic hydroxyl groups excluding tert-OH is 2. The quantitative estimate of drug-likeness (QED) is 0.0642. The van der Waals surface area contributed by atoms with Crippen LogP contribution in [0.25, 0.3) is 0 Å². The van der Waals surface area contributed by atoms with Crippen LogP contribution in [-0.2, 0) is 47.5 Å². The van der Waals surface area contributed by atoms with Crippen LogP contribution in [0.5, 0.6) is 0 Å². The van der Waals surface area contributed by atoms with Crippen LogP contribution in [-0.4, -0.2) is 145 Å². The van der Waals surface area contributed by atoms with Crippen LogP contribution in [0.4, 0.5) is 0 Å². The van der Waals surface area contributed by atoms with Gasteiger partial charge in [-0.3, -0.25) is 9.59 Å². The van der Waals surface area contributed by atoms with Crippen molar-refractivity contribution >= 4 is 28.9 Å². The first-order valence-corrected chi connectivity index (χ1v) is 22.8. The largest absolute Gasteiger partial charge is 0.511 e. The Labute approximate surface area is 382 Å². The van der Waals surface area contributed by atoms with E-state index >= 15 is 0 Å². The van der Waals surface area contributed by atoms with E-state index in [1.54, 1.807) is 6.92 Å². The molecular weight excluding hydrogens is 837 g/mol. The summed E-state index contributed by atoms with van der Waals surface area (Å²) < 4.78 is 43.7. The molecule has 0 spiro atoms. The van der Waals surface area contributed by atoms with Gasteiger partial charge in [0.1, 0.15) is 12.4 Å². The number of carbonyl (C=O) groups is 2. The standard InChI is InChI=1S/C49H66N4O12/c1-7-35-30(2)38-29-43-46(34(6)55)32(4)40(51-43)27-39-31(3)36(48(52-39)37-26-44(56)47-33(5)41(53-49(37)47)28-42(35)50-38)8-9-45(57)65-25-24-64-23-22-63-21-20-62-19-18-61-17-16-60-15-14-59-13-12-58-11-10-54/h27-29,31,36,52,54,56H,7-26H2,1-6H3/t31-,36-/m0/s1. The maximum absolute atomic E-state index is 13.1. The number of nitrogens with one attached hydrogen (secondary N) is 1. The van der Waals surface area contributed by atoms with Gasteiger partial charge in [0.05, 0.1) is 133 Å². The maximum Gasteiger partial charge on any atom is 0.305 e. The molecule has 0 unspecified atom stereocenters. The second-order valence-corrected chi connectivity index (χ2v) is 16.3. The third kappa shape index (κ3) is 12.8. The van der Waals surface area contributed by atoms with Crippen molar-refractivity contribution in [2.75, 3.05) is 106 Å². The average molecular weight is 903 g/mol. The third-order valence-corrected chi connectivity index (χ3v) is 12.0. The van der Waals surface area contributed by atoms with Crippen LogP contribution in [0.3, 0.4) is 0 Å². The lowest BCUT2D eigenvalue weighted by Crippen LogP contribution is -2.17. The van der Waals surface area contributed by atoms with Crippen molar-refractivity contribution in [1.29, 1.82) is 0 Å². The summed E-state index contributed by atoms with van der Waals surface area (Å²) in [5.74, 6) is -0.273. The van der Waals surface area contributed by atoms with Crippen molar-refractivity contribution in [3.05, 3.63) is 91.5 Å². The minimum atomic E-state index is -0.322. The first-order chi connectivity index (χ1) is 31.5. The van der Waals surface area contributed by atoms with Gasteiger partial charge in [0.25, 0.3) is 0 Å². The highest BCUT2D eigenvalue weighted by Crippen LogP contribution is 2.46. The van der Waals surface area contributed by atoms with Crippen LogP contribution in [0, 0.1) is 11.8 Å². The molecule has 2 atom stereocenters. The second-order valence-electron chi connectivity index (χ2n) is 16.3. The van der Waals surface area contributed by atoms with Gasteiger partial charge in [-0.25, -0.2) is 15.0 Å². The van der Waals surface area contributed by atoms with Gasteiger partial charge in [0.2, 0.25) is 0 Å². The van der Waals surface area contributed by atoms with E-state index in [4.69, 9.17) is 58.0 Å². The minimum absolute atomic E-state index is 0.00761. The van der Waals surface area contributed by atoms with Crippen LogP contribution in [0.2, 0.25) is 0 Å². The molecule has 6 rings (SSSR count). The lowest BCUT2D eigenvalue weighted by atomic mass is 9.86. The molecule has 6 aliphatic rings. The number of aliphatic imine (C=N–C) groups is 3. The van der Waals surface area contributed by atoms with Gasteiger partial charge in [-0.05, 0) is 81.1 Å². The number of ether oxygens (including phenoxy) is 8. The fourth-order valence-electron chi connectivity index (χ4n) is 8.60. The second kappa shape index (κ2) is 24.8. The number of allylic oxidation sites excluding steroid dienone is 12. The molecule has 0 radical (unpaired) electrons.